The van der Waals surface area contributed by atoms with Gasteiger partial charge in [0.2, 0.25) is 10.0 Å². The van der Waals surface area contributed by atoms with Gasteiger partial charge in [-0.25, -0.2) is 8.42 Å². The van der Waals surface area contributed by atoms with Gasteiger partial charge in [0.1, 0.15) is 11.5 Å². The first-order valence-corrected chi connectivity index (χ1v) is 13.8. The molecule has 3 aromatic carbocycles. The number of nitrogens with zero attached hydrogens (tertiary/aromatic N) is 1. The molecular weight excluding hydrogens is 476 g/mol. The van der Waals surface area contributed by atoms with E-state index >= 15 is 0 Å². The van der Waals surface area contributed by atoms with Crippen LogP contribution in [-0.2, 0) is 16.6 Å². The second-order valence-corrected chi connectivity index (χ2v) is 10.5. The molecule has 0 spiro atoms. The van der Waals surface area contributed by atoms with E-state index in [2.05, 4.69) is 5.32 Å². The molecule has 3 rings (SSSR count). The van der Waals surface area contributed by atoms with E-state index < -0.39 is 10.0 Å². The molecule has 1 N–H and O–H groups in total. The molecule has 0 unspecified atom stereocenters. The number of anilines is 1. The standard InChI is InChI=1S/C28H34N2O5S/c1-6-26(23-12-17-27(34-4)20(3)18-23)29-28(31)22-10-8-21(9-11-22)19-30(36(5,32)33)24-13-15-25(16-14-24)35-7-2/h8-18,26H,6-7,19H2,1-5H3,(H,29,31)/t26-/m0/s1. The van der Waals surface area contributed by atoms with Gasteiger partial charge in [-0.05, 0) is 79.4 Å². The summed E-state index contributed by atoms with van der Waals surface area (Å²) in [6.45, 7) is 6.57. The summed E-state index contributed by atoms with van der Waals surface area (Å²) in [4.78, 5) is 12.9. The van der Waals surface area contributed by atoms with E-state index in [1.54, 1.807) is 55.6 Å². The minimum absolute atomic E-state index is 0.137. The van der Waals surface area contributed by atoms with Gasteiger partial charge in [-0.2, -0.15) is 0 Å². The Kier molecular flexibility index (Phi) is 8.98. The average molecular weight is 511 g/mol. The van der Waals surface area contributed by atoms with Gasteiger partial charge in [0.15, 0.2) is 0 Å². The number of methoxy groups -OCH3 is 1. The number of carbonyl (C=O) groups excluding carboxylic acids is 1. The third-order valence-electron chi connectivity index (χ3n) is 5.91. The summed E-state index contributed by atoms with van der Waals surface area (Å²) in [5, 5.41) is 3.09. The van der Waals surface area contributed by atoms with Crippen LogP contribution in [0.1, 0.15) is 53.4 Å². The van der Waals surface area contributed by atoms with Crippen molar-refractivity contribution in [1.29, 1.82) is 0 Å². The van der Waals surface area contributed by atoms with Crippen molar-refractivity contribution in [3.63, 3.8) is 0 Å². The normalized spacial score (nSPS) is 12.0. The second kappa shape index (κ2) is 11.9. The molecular formula is C28H34N2O5S. The van der Waals surface area contributed by atoms with Crippen LogP contribution in [0.3, 0.4) is 0 Å². The third-order valence-corrected chi connectivity index (χ3v) is 7.05. The maximum Gasteiger partial charge on any atom is 0.251 e. The molecule has 8 heteroatoms. The van der Waals surface area contributed by atoms with Crippen LogP contribution in [0, 0.1) is 6.92 Å². The van der Waals surface area contributed by atoms with Crippen molar-refractivity contribution in [3.8, 4) is 11.5 Å². The Balaban J connectivity index is 1.73. The molecule has 192 valence electrons. The lowest BCUT2D eigenvalue weighted by Gasteiger charge is -2.23. The van der Waals surface area contributed by atoms with Gasteiger partial charge in [0.25, 0.3) is 5.91 Å². The topological polar surface area (TPSA) is 84.9 Å². The number of ether oxygens (including phenoxy) is 2. The molecule has 0 fully saturated rings. The van der Waals surface area contributed by atoms with Crippen molar-refractivity contribution >= 4 is 21.6 Å². The van der Waals surface area contributed by atoms with Crippen LogP contribution in [0.25, 0.3) is 0 Å². The molecule has 3 aromatic rings. The maximum absolute atomic E-state index is 12.9. The van der Waals surface area contributed by atoms with E-state index in [1.165, 1.54) is 10.6 Å². The van der Waals surface area contributed by atoms with Crippen molar-refractivity contribution < 1.29 is 22.7 Å². The Morgan fingerprint density at radius 1 is 1.00 bits per heavy atom. The Morgan fingerprint density at radius 3 is 2.19 bits per heavy atom. The van der Waals surface area contributed by atoms with E-state index in [0.29, 0.717) is 23.6 Å². The molecule has 0 saturated carbocycles. The fraction of sp³-hybridized carbons (Fsp3) is 0.321. The van der Waals surface area contributed by atoms with Crippen molar-refractivity contribution in [3.05, 3.63) is 89.0 Å². The lowest BCUT2D eigenvalue weighted by molar-refractivity contribution is 0.0935. The lowest BCUT2D eigenvalue weighted by atomic mass is 10.0. The van der Waals surface area contributed by atoms with Crippen molar-refractivity contribution in [2.45, 2.75) is 39.8 Å². The number of amides is 1. The van der Waals surface area contributed by atoms with Crippen LogP contribution < -0.4 is 19.1 Å². The number of hydrogen-bond donors (Lipinski definition) is 1. The van der Waals surface area contributed by atoms with Gasteiger partial charge in [0, 0.05) is 5.56 Å². The number of benzene rings is 3. The molecule has 7 nitrogen and oxygen atoms in total. The third kappa shape index (κ3) is 6.79. The summed E-state index contributed by atoms with van der Waals surface area (Å²) in [6, 6.07) is 19.7. The molecule has 0 heterocycles. The molecule has 0 bridgehead atoms. The van der Waals surface area contributed by atoms with E-state index in [9.17, 15) is 13.2 Å². The second-order valence-electron chi connectivity index (χ2n) is 8.56. The minimum Gasteiger partial charge on any atom is -0.496 e. The summed E-state index contributed by atoms with van der Waals surface area (Å²) in [6.07, 6.45) is 1.91. The zero-order chi connectivity index (χ0) is 26.3. The number of aryl methyl sites for hydroxylation is 1. The van der Waals surface area contributed by atoms with Crippen LogP contribution in [-0.4, -0.2) is 34.3 Å². The number of carbonyl (C=O) groups is 1. The van der Waals surface area contributed by atoms with Gasteiger partial charge in [0.05, 0.1) is 38.2 Å². The van der Waals surface area contributed by atoms with Crippen LogP contribution >= 0.6 is 0 Å². The molecule has 1 atom stereocenters. The molecule has 36 heavy (non-hydrogen) atoms. The number of sulfonamides is 1. The van der Waals surface area contributed by atoms with E-state index in [-0.39, 0.29) is 18.5 Å². The fourth-order valence-corrected chi connectivity index (χ4v) is 4.87. The number of rotatable bonds is 11. The summed E-state index contributed by atoms with van der Waals surface area (Å²) in [5.74, 6) is 1.30. The Labute approximate surface area is 214 Å². The molecule has 0 radical (unpaired) electrons. The summed E-state index contributed by atoms with van der Waals surface area (Å²) < 4.78 is 37.1. The predicted molar refractivity (Wildman–Crippen MR) is 143 cm³/mol. The number of nitrogens with one attached hydrogen (secondary N) is 1. The van der Waals surface area contributed by atoms with E-state index in [1.807, 2.05) is 39.0 Å². The quantitative estimate of drug-likeness (QED) is 0.381. The summed E-state index contributed by atoms with van der Waals surface area (Å²) in [7, 11) is -1.89. The Morgan fingerprint density at radius 2 is 1.67 bits per heavy atom. The largest absolute Gasteiger partial charge is 0.496 e. The van der Waals surface area contributed by atoms with Crippen LogP contribution in [0.5, 0.6) is 11.5 Å². The maximum atomic E-state index is 12.9. The van der Waals surface area contributed by atoms with Crippen LogP contribution in [0.15, 0.2) is 66.7 Å². The van der Waals surface area contributed by atoms with Crippen molar-refractivity contribution in [2.24, 2.45) is 0 Å². The minimum atomic E-state index is -3.52. The highest BCUT2D eigenvalue weighted by Crippen LogP contribution is 2.26. The zero-order valence-electron chi connectivity index (χ0n) is 21.4. The summed E-state index contributed by atoms with van der Waals surface area (Å²) >= 11 is 0. The highest BCUT2D eigenvalue weighted by molar-refractivity contribution is 7.92. The van der Waals surface area contributed by atoms with Gasteiger partial charge in [-0.3, -0.25) is 9.10 Å². The SMILES string of the molecule is CCOc1ccc(N(Cc2ccc(C(=O)N[C@@H](CC)c3ccc(OC)c(C)c3)cc2)S(C)(=O)=O)cc1. The highest BCUT2D eigenvalue weighted by atomic mass is 32.2. The lowest BCUT2D eigenvalue weighted by Crippen LogP contribution is -2.29. The highest BCUT2D eigenvalue weighted by Gasteiger charge is 2.19. The fourth-order valence-electron chi connectivity index (χ4n) is 3.98. The average Bonchev–Trinajstić information content (AvgIpc) is 2.86. The molecule has 0 saturated heterocycles. The molecule has 1 amide bonds. The van der Waals surface area contributed by atoms with Gasteiger partial charge < -0.3 is 14.8 Å². The van der Waals surface area contributed by atoms with Crippen molar-refractivity contribution in [2.75, 3.05) is 24.3 Å². The van der Waals surface area contributed by atoms with E-state index in [4.69, 9.17) is 9.47 Å². The predicted octanol–water partition coefficient (Wildman–Crippen LogP) is 5.25. The summed E-state index contributed by atoms with van der Waals surface area (Å²) in [5.41, 5.74) is 3.84. The van der Waals surface area contributed by atoms with Crippen molar-refractivity contribution in [1.82, 2.24) is 5.32 Å². The van der Waals surface area contributed by atoms with Gasteiger partial charge in [-0.1, -0.05) is 31.2 Å². The zero-order valence-corrected chi connectivity index (χ0v) is 22.3. The first-order valence-electron chi connectivity index (χ1n) is 11.9. The Hall–Kier alpha value is -3.52. The molecule has 0 aliphatic rings. The van der Waals surface area contributed by atoms with Crippen LogP contribution in [0.2, 0.25) is 0 Å². The van der Waals surface area contributed by atoms with E-state index in [0.717, 1.165) is 28.9 Å². The monoisotopic (exact) mass is 510 g/mol. The van der Waals surface area contributed by atoms with Crippen LogP contribution in [0.4, 0.5) is 5.69 Å². The van der Waals surface area contributed by atoms with Gasteiger partial charge in [-0.15, -0.1) is 0 Å². The molecule has 0 aliphatic heterocycles. The molecule has 0 aromatic heterocycles. The Bertz CT molecular complexity index is 1270. The first-order chi connectivity index (χ1) is 17.2. The van der Waals surface area contributed by atoms with Gasteiger partial charge >= 0.3 is 0 Å². The first kappa shape index (κ1) is 27.1. The molecule has 0 aliphatic carbocycles. The number of hydrogen-bond acceptors (Lipinski definition) is 5. The smallest absolute Gasteiger partial charge is 0.251 e.